The van der Waals surface area contributed by atoms with E-state index in [1.54, 1.807) is 30.3 Å². The minimum atomic E-state index is -0.355. The fourth-order valence-electron chi connectivity index (χ4n) is 4.02. The first-order valence-electron chi connectivity index (χ1n) is 10.3. The lowest BCUT2D eigenvalue weighted by atomic mass is 10.0. The summed E-state index contributed by atoms with van der Waals surface area (Å²) in [5, 5.41) is 18.2. The molecule has 1 fully saturated rings. The van der Waals surface area contributed by atoms with E-state index in [4.69, 9.17) is 9.52 Å². The molecule has 2 N–H and O–H groups in total. The summed E-state index contributed by atoms with van der Waals surface area (Å²) in [5.41, 5.74) is 3.21. The van der Waals surface area contributed by atoms with Crippen LogP contribution >= 0.6 is 0 Å². The zero-order valence-electron chi connectivity index (χ0n) is 16.9. The number of carbonyl (C=O) groups excluding carboxylic acids is 1. The molecule has 1 aliphatic carbocycles. The van der Waals surface area contributed by atoms with Crippen molar-refractivity contribution in [1.82, 2.24) is 9.78 Å². The predicted molar refractivity (Wildman–Crippen MR) is 112 cm³/mol. The molecule has 0 bridgehead atoms. The van der Waals surface area contributed by atoms with Crippen LogP contribution in [-0.4, -0.2) is 20.8 Å². The summed E-state index contributed by atoms with van der Waals surface area (Å²) < 4.78 is 7.24. The second-order valence-corrected chi connectivity index (χ2v) is 7.80. The van der Waals surface area contributed by atoms with E-state index in [0.717, 1.165) is 12.1 Å². The van der Waals surface area contributed by atoms with Gasteiger partial charge in [0, 0.05) is 35.0 Å². The van der Waals surface area contributed by atoms with E-state index in [0.29, 0.717) is 23.2 Å². The number of furan rings is 1. The molecule has 4 rings (SSSR count). The van der Waals surface area contributed by atoms with E-state index in [1.165, 1.54) is 37.6 Å². The fourth-order valence-corrected chi connectivity index (χ4v) is 4.02. The third kappa shape index (κ3) is 3.92. The molecule has 29 heavy (non-hydrogen) atoms. The van der Waals surface area contributed by atoms with Crippen molar-refractivity contribution in [2.24, 2.45) is 0 Å². The Kier molecular flexibility index (Phi) is 5.43. The lowest BCUT2D eigenvalue weighted by Gasteiger charge is -2.17. The smallest absolute Gasteiger partial charge is 0.291 e. The lowest BCUT2D eigenvalue weighted by Crippen LogP contribution is -2.12. The Bertz CT molecular complexity index is 985. The summed E-state index contributed by atoms with van der Waals surface area (Å²) in [5.74, 6) is 0.502. The van der Waals surface area contributed by atoms with Crippen LogP contribution in [0.25, 0.3) is 11.3 Å². The maximum atomic E-state index is 12.1. The molecule has 1 saturated carbocycles. The number of amides is 1. The zero-order chi connectivity index (χ0) is 20.4. The number of hydrogen-bond donors (Lipinski definition) is 2. The third-order valence-electron chi connectivity index (χ3n) is 5.82. The fraction of sp³-hybridized carbons (Fsp3) is 0.391. The van der Waals surface area contributed by atoms with Crippen LogP contribution in [0.1, 0.15) is 74.2 Å². The number of nitrogens with one attached hydrogen (secondary N) is 1. The average molecular weight is 393 g/mol. The van der Waals surface area contributed by atoms with Gasteiger partial charge < -0.3 is 14.8 Å². The van der Waals surface area contributed by atoms with E-state index in [9.17, 15) is 9.90 Å². The predicted octanol–water partition coefficient (Wildman–Crippen LogP) is 5.73. The molecule has 0 saturated heterocycles. The first kappa shape index (κ1) is 19.3. The van der Waals surface area contributed by atoms with Gasteiger partial charge in [-0.3, -0.25) is 9.48 Å². The summed E-state index contributed by atoms with van der Waals surface area (Å²) in [6.45, 7) is 4.35. The summed E-state index contributed by atoms with van der Waals surface area (Å²) >= 11 is 0. The van der Waals surface area contributed by atoms with E-state index in [1.807, 2.05) is 0 Å². The molecule has 1 aliphatic rings. The molecule has 1 atom stereocenters. The minimum Gasteiger partial charge on any atom is -0.507 e. The van der Waals surface area contributed by atoms with Crippen LogP contribution in [0.5, 0.6) is 5.75 Å². The first-order valence-corrected chi connectivity index (χ1v) is 10.3. The molecule has 6 heteroatoms. The molecular weight excluding hydrogens is 366 g/mol. The molecule has 1 unspecified atom stereocenters. The van der Waals surface area contributed by atoms with Crippen molar-refractivity contribution in [3.8, 4) is 17.0 Å². The van der Waals surface area contributed by atoms with Gasteiger partial charge in [-0.15, -0.1) is 0 Å². The van der Waals surface area contributed by atoms with Crippen molar-refractivity contribution in [2.45, 2.75) is 57.9 Å². The molecule has 1 aromatic carbocycles. The second-order valence-electron chi connectivity index (χ2n) is 7.80. The SMILES string of the molecule is CCC(C)n1nc(-c2ccc(NC(=O)c3ccco3)cc2O)cc1C1CCCC1. The van der Waals surface area contributed by atoms with Crippen molar-refractivity contribution in [3.63, 3.8) is 0 Å². The van der Waals surface area contributed by atoms with E-state index < -0.39 is 0 Å². The quantitative estimate of drug-likeness (QED) is 0.560. The molecule has 2 heterocycles. The van der Waals surface area contributed by atoms with Gasteiger partial charge in [0.2, 0.25) is 0 Å². The summed E-state index contributed by atoms with van der Waals surface area (Å²) in [4.78, 5) is 12.1. The molecule has 0 aliphatic heterocycles. The van der Waals surface area contributed by atoms with Crippen molar-refractivity contribution in [2.75, 3.05) is 5.32 Å². The lowest BCUT2D eigenvalue weighted by molar-refractivity contribution is 0.0996. The number of anilines is 1. The summed E-state index contributed by atoms with van der Waals surface area (Å²) in [6, 6.07) is 10.8. The Labute approximate surface area is 170 Å². The number of benzene rings is 1. The van der Waals surface area contributed by atoms with Crippen LogP contribution in [0.3, 0.4) is 0 Å². The van der Waals surface area contributed by atoms with E-state index in [-0.39, 0.29) is 17.4 Å². The highest BCUT2D eigenvalue weighted by Gasteiger charge is 2.25. The van der Waals surface area contributed by atoms with Gasteiger partial charge in [0.05, 0.1) is 12.0 Å². The van der Waals surface area contributed by atoms with Gasteiger partial charge in [0.1, 0.15) is 5.75 Å². The Morgan fingerprint density at radius 2 is 2.10 bits per heavy atom. The maximum absolute atomic E-state index is 12.1. The van der Waals surface area contributed by atoms with Gasteiger partial charge in [0.15, 0.2) is 5.76 Å². The van der Waals surface area contributed by atoms with Gasteiger partial charge >= 0.3 is 0 Å². The molecule has 1 amide bonds. The number of phenols is 1. The normalized spacial score (nSPS) is 15.5. The summed E-state index contributed by atoms with van der Waals surface area (Å²) in [7, 11) is 0. The number of aromatic nitrogens is 2. The third-order valence-corrected chi connectivity index (χ3v) is 5.82. The summed E-state index contributed by atoms with van der Waals surface area (Å²) in [6.07, 6.45) is 7.38. The van der Waals surface area contributed by atoms with Crippen LogP contribution in [0, 0.1) is 0 Å². The number of nitrogens with zero attached hydrogens (tertiary/aromatic N) is 2. The van der Waals surface area contributed by atoms with E-state index in [2.05, 4.69) is 29.9 Å². The number of rotatable bonds is 6. The van der Waals surface area contributed by atoms with Gasteiger partial charge in [-0.25, -0.2) is 0 Å². The Hall–Kier alpha value is -3.02. The van der Waals surface area contributed by atoms with Crippen molar-refractivity contribution < 1.29 is 14.3 Å². The molecule has 152 valence electrons. The molecule has 6 nitrogen and oxygen atoms in total. The highest BCUT2D eigenvalue weighted by Crippen LogP contribution is 2.39. The molecular formula is C23H27N3O3. The number of aromatic hydroxyl groups is 1. The van der Waals surface area contributed by atoms with Crippen molar-refractivity contribution >= 4 is 11.6 Å². The highest BCUT2D eigenvalue weighted by molar-refractivity contribution is 6.02. The zero-order valence-corrected chi connectivity index (χ0v) is 16.9. The van der Waals surface area contributed by atoms with E-state index >= 15 is 0 Å². The Balaban J connectivity index is 1.61. The number of hydrogen-bond acceptors (Lipinski definition) is 4. The van der Waals surface area contributed by atoms with Crippen LogP contribution in [0.4, 0.5) is 5.69 Å². The molecule has 2 aromatic heterocycles. The molecule has 0 radical (unpaired) electrons. The van der Waals surface area contributed by atoms with Gasteiger partial charge in [-0.05, 0) is 56.5 Å². The van der Waals surface area contributed by atoms with Crippen LogP contribution in [-0.2, 0) is 0 Å². The topological polar surface area (TPSA) is 80.3 Å². The average Bonchev–Trinajstić information content (AvgIpc) is 3.48. The van der Waals surface area contributed by atoms with Crippen molar-refractivity contribution in [1.29, 1.82) is 0 Å². The largest absolute Gasteiger partial charge is 0.507 e. The highest BCUT2D eigenvalue weighted by atomic mass is 16.3. The number of carbonyl (C=O) groups is 1. The monoisotopic (exact) mass is 393 g/mol. The number of phenolic OH excluding ortho intramolecular Hbond substituents is 1. The van der Waals surface area contributed by atoms with Gasteiger partial charge in [0.25, 0.3) is 5.91 Å². The minimum absolute atomic E-state index is 0.0917. The van der Waals surface area contributed by atoms with Gasteiger partial charge in [-0.2, -0.15) is 5.10 Å². The Morgan fingerprint density at radius 1 is 1.31 bits per heavy atom. The second kappa shape index (κ2) is 8.15. The maximum Gasteiger partial charge on any atom is 0.291 e. The van der Waals surface area contributed by atoms with Crippen molar-refractivity contribution in [3.05, 3.63) is 54.1 Å². The molecule has 0 spiro atoms. The van der Waals surface area contributed by atoms with Crippen LogP contribution in [0.15, 0.2) is 47.1 Å². The standard InChI is InChI=1S/C23H27N3O3/c1-3-15(2)26-20(16-7-4-5-8-16)14-19(25-26)18-11-10-17(13-21(18)27)24-23(28)22-9-6-12-29-22/h6,9-16,27H,3-5,7-8H2,1-2H3,(H,24,28). The molecule has 3 aromatic rings. The van der Waals surface area contributed by atoms with Crippen LogP contribution in [0.2, 0.25) is 0 Å². The van der Waals surface area contributed by atoms with Crippen LogP contribution < -0.4 is 5.32 Å². The van der Waals surface area contributed by atoms with Gasteiger partial charge in [-0.1, -0.05) is 19.8 Å². The first-order chi connectivity index (χ1) is 14.1. The Morgan fingerprint density at radius 3 is 2.76 bits per heavy atom.